The van der Waals surface area contributed by atoms with Gasteiger partial charge >= 0.3 is 0 Å². The predicted molar refractivity (Wildman–Crippen MR) is 99.2 cm³/mol. The third-order valence-electron chi connectivity index (χ3n) is 4.61. The van der Waals surface area contributed by atoms with E-state index in [1.54, 1.807) is 18.2 Å². The molecule has 0 radical (unpaired) electrons. The number of nitrogens with zero attached hydrogens (tertiary/aromatic N) is 1. The molecular weight excluding hydrogens is 339 g/mol. The predicted octanol–water partition coefficient (Wildman–Crippen LogP) is 5.03. The molecule has 1 atom stereocenters. The molecule has 1 saturated carbocycles. The van der Waals surface area contributed by atoms with E-state index >= 15 is 0 Å². The van der Waals surface area contributed by atoms with Gasteiger partial charge in [0.25, 0.3) is 0 Å². The Balaban J connectivity index is 1.59. The van der Waals surface area contributed by atoms with Crippen LogP contribution in [0.1, 0.15) is 37.8 Å². The minimum atomic E-state index is -0.413. The normalized spacial score (nSPS) is 15.2. The van der Waals surface area contributed by atoms with Gasteiger partial charge in [0.05, 0.1) is 5.69 Å². The number of amides is 1. The number of carbonyl (C=O) groups excluding carboxylic acids is 1. The van der Waals surface area contributed by atoms with E-state index < -0.39 is 5.82 Å². The Morgan fingerprint density at radius 2 is 1.92 bits per heavy atom. The van der Waals surface area contributed by atoms with E-state index in [9.17, 15) is 9.18 Å². The third kappa shape index (κ3) is 4.80. The topological polar surface area (TPSA) is 32.3 Å². The molecule has 1 aliphatic carbocycles. The molecule has 0 heterocycles. The summed E-state index contributed by atoms with van der Waals surface area (Å²) in [6.45, 7) is 2.80. The molecule has 1 fully saturated rings. The van der Waals surface area contributed by atoms with Crippen LogP contribution in [0.15, 0.2) is 48.5 Å². The van der Waals surface area contributed by atoms with E-state index in [-0.39, 0.29) is 17.6 Å². The summed E-state index contributed by atoms with van der Waals surface area (Å²) in [7, 11) is 0. The number of para-hydroxylation sites is 1. The van der Waals surface area contributed by atoms with Gasteiger partial charge in [-0.25, -0.2) is 4.39 Å². The first-order valence-electron chi connectivity index (χ1n) is 8.60. The van der Waals surface area contributed by atoms with Crippen molar-refractivity contribution >= 4 is 23.2 Å². The maximum atomic E-state index is 13.6. The van der Waals surface area contributed by atoms with Gasteiger partial charge in [-0.1, -0.05) is 35.9 Å². The average Bonchev–Trinajstić information content (AvgIpc) is 3.42. The number of halogens is 2. The first-order valence-corrected chi connectivity index (χ1v) is 8.98. The summed E-state index contributed by atoms with van der Waals surface area (Å²) in [5.74, 6) is -0.580. The van der Waals surface area contributed by atoms with Gasteiger partial charge in [0.15, 0.2) is 0 Å². The highest BCUT2D eigenvalue weighted by molar-refractivity contribution is 6.30. The number of rotatable bonds is 7. The summed E-state index contributed by atoms with van der Waals surface area (Å²) in [6.07, 6.45) is 2.66. The van der Waals surface area contributed by atoms with Crippen LogP contribution in [0.4, 0.5) is 10.1 Å². The highest BCUT2D eigenvalue weighted by Crippen LogP contribution is 2.34. The lowest BCUT2D eigenvalue weighted by Crippen LogP contribution is -2.32. The van der Waals surface area contributed by atoms with Crippen molar-refractivity contribution in [3.63, 3.8) is 0 Å². The van der Waals surface area contributed by atoms with Gasteiger partial charge in [0.2, 0.25) is 5.91 Å². The van der Waals surface area contributed by atoms with Crippen molar-refractivity contribution in [2.24, 2.45) is 0 Å². The molecule has 0 bridgehead atoms. The van der Waals surface area contributed by atoms with Crippen LogP contribution >= 0.6 is 11.6 Å². The SMILES string of the molecule is CC(c1ccc(Cl)cc1)N(CCC(=O)Nc1ccccc1F)C1CC1. The molecule has 3 rings (SSSR count). The summed E-state index contributed by atoms with van der Waals surface area (Å²) in [6, 6.07) is 14.8. The highest BCUT2D eigenvalue weighted by Gasteiger charge is 2.32. The van der Waals surface area contributed by atoms with Crippen molar-refractivity contribution in [3.8, 4) is 0 Å². The molecule has 1 aliphatic rings. The minimum Gasteiger partial charge on any atom is -0.324 e. The van der Waals surface area contributed by atoms with Gasteiger partial charge in [-0.15, -0.1) is 0 Å². The maximum absolute atomic E-state index is 13.6. The summed E-state index contributed by atoms with van der Waals surface area (Å²) in [5, 5.41) is 3.37. The monoisotopic (exact) mass is 360 g/mol. The quantitative estimate of drug-likeness (QED) is 0.750. The molecule has 0 aromatic heterocycles. The molecule has 0 spiro atoms. The maximum Gasteiger partial charge on any atom is 0.225 e. The summed E-state index contributed by atoms with van der Waals surface area (Å²) < 4.78 is 13.6. The van der Waals surface area contributed by atoms with Crippen LogP contribution in [-0.4, -0.2) is 23.4 Å². The number of benzene rings is 2. The lowest BCUT2D eigenvalue weighted by molar-refractivity contribution is -0.116. The second-order valence-corrected chi connectivity index (χ2v) is 6.91. The third-order valence-corrected chi connectivity index (χ3v) is 4.86. The van der Waals surface area contributed by atoms with Gasteiger partial charge in [0, 0.05) is 30.1 Å². The van der Waals surface area contributed by atoms with Crippen molar-refractivity contribution in [1.82, 2.24) is 4.90 Å². The van der Waals surface area contributed by atoms with Crippen molar-refractivity contribution < 1.29 is 9.18 Å². The second-order valence-electron chi connectivity index (χ2n) is 6.47. The molecule has 25 heavy (non-hydrogen) atoms. The Morgan fingerprint density at radius 3 is 2.56 bits per heavy atom. The molecule has 0 saturated heterocycles. The molecule has 2 aromatic rings. The van der Waals surface area contributed by atoms with Crippen LogP contribution < -0.4 is 5.32 Å². The fourth-order valence-electron chi connectivity index (χ4n) is 3.04. The van der Waals surface area contributed by atoms with Crippen molar-refractivity contribution in [2.75, 3.05) is 11.9 Å². The van der Waals surface area contributed by atoms with Gasteiger partial charge in [-0.2, -0.15) is 0 Å². The number of hydrogen-bond acceptors (Lipinski definition) is 2. The van der Waals surface area contributed by atoms with Gasteiger partial charge < -0.3 is 5.32 Å². The molecule has 1 amide bonds. The largest absolute Gasteiger partial charge is 0.324 e. The van der Waals surface area contributed by atoms with Crippen LogP contribution in [0.3, 0.4) is 0 Å². The van der Waals surface area contributed by atoms with E-state index in [1.807, 2.05) is 24.3 Å². The lowest BCUT2D eigenvalue weighted by atomic mass is 10.1. The van der Waals surface area contributed by atoms with Gasteiger partial charge in [-0.3, -0.25) is 9.69 Å². The zero-order valence-electron chi connectivity index (χ0n) is 14.2. The first kappa shape index (κ1) is 17.9. The number of nitrogens with one attached hydrogen (secondary N) is 1. The van der Waals surface area contributed by atoms with Crippen LogP contribution in [-0.2, 0) is 4.79 Å². The summed E-state index contributed by atoms with van der Waals surface area (Å²) in [4.78, 5) is 14.5. The molecule has 0 aliphatic heterocycles. The molecule has 3 nitrogen and oxygen atoms in total. The van der Waals surface area contributed by atoms with E-state index in [4.69, 9.17) is 11.6 Å². The zero-order chi connectivity index (χ0) is 17.8. The van der Waals surface area contributed by atoms with Gasteiger partial charge in [-0.05, 0) is 49.6 Å². The molecule has 1 unspecified atom stereocenters. The molecule has 2 aromatic carbocycles. The average molecular weight is 361 g/mol. The Bertz CT molecular complexity index is 731. The number of hydrogen-bond donors (Lipinski definition) is 1. The Labute approximate surface area is 152 Å². The van der Waals surface area contributed by atoms with Crippen LogP contribution in [0.2, 0.25) is 5.02 Å². The number of anilines is 1. The van der Waals surface area contributed by atoms with Crippen molar-refractivity contribution in [2.45, 2.75) is 38.3 Å². The fourth-order valence-corrected chi connectivity index (χ4v) is 3.16. The van der Waals surface area contributed by atoms with Crippen molar-refractivity contribution in [3.05, 3.63) is 64.9 Å². The second kappa shape index (κ2) is 7.98. The fraction of sp³-hybridized carbons (Fsp3) is 0.350. The molecule has 1 N–H and O–H groups in total. The zero-order valence-corrected chi connectivity index (χ0v) is 15.0. The van der Waals surface area contributed by atoms with Crippen LogP contribution in [0.25, 0.3) is 0 Å². The van der Waals surface area contributed by atoms with E-state index in [2.05, 4.69) is 17.1 Å². The van der Waals surface area contributed by atoms with E-state index in [1.165, 1.54) is 11.6 Å². The standard InChI is InChI=1S/C20H22ClFN2O/c1-14(15-6-8-16(21)9-7-15)24(17-10-11-17)13-12-20(25)23-19-5-3-2-4-18(19)22/h2-9,14,17H,10-13H2,1H3,(H,23,25). The Hall–Kier alpha value is -1.91. The van der Waals surface area contributed by atoms with Crippen molar-refractivity contribution in [1.29, 1.82) is 0 Å². The Morgan fingerprint density at radius 1 is 1.24 bits per heavy atom. The van der Waals surface area contributed by atoms with Crippen LogP contribution in [0, 0.1) is 5.82 Å². The lowest BCUT2D eigenvalue weighted by Gasteiger charge is -2.29. The summed E-state index contributed by atoms with van der Waals surface area (Å²) in [5.41, 5.74) is 1.42. The van der Waals surface area contributed by atoms with E-state index in [0.717, 1.165) is 17.9 Å². The van der Waals surface area contributed by atoms with E-state index in [0.29, 0.717) is 19.0 Å². The molecule has 5 heteroatoms. The van der Waals surface area contributed by atoms with Crippen LogP contribution in [0.5, 0.6) is 0 Å². The highest BCUT2D eigenvalue weighted by atomic mass is 35.5. The van der Waals surface area contributed by atoms with Gasteiger partial charge in [0.1, 0.15) is 5.82 Å². The number of carbonyl (C=O) groups is 1. The summed E-state index contributed by atoms with van der Waals surface area (Å²) >= 11 is 5.97. The smallest absolute Gasteiger partial charge is 0.225 e. The first-order chi connectivity index (χ1) is 12.0. The molecule has 132 valence electrons. The minimum absolute atomic E-state index is 0.168. The Kier molecular flexibility index (Phi) is 5.71. The molecular formula is C20H22ClFN2O.